The maximum Gasteiger partial charge on any atom is 0.271 e. The molecule has 3 rings (SSSR count). The lowest BCUT2D eigenvalue weighted by molar-refractivity contribution is -0.384. The fourth-order valence-corrected chi connectivity index (χ4v) is 3.22. The smallest absolute Gasteiger partial charge is 0.271 e. The topological polar surface area (TPSA) is 116 Å². The van der Waals surface area contributed by atoms with Crippen molar-refractivity contribution in [1.82, 2.24) is 20.2 Å². The first kappa shape index (κ1) is 18.5. The number of carbonyl (C=O) groups excluding carboxylic acids is 1. The second-order valence-electron chi connectivity index (χ2n) is 5.86. The second kappa shape index (κ2) is 7.96. The van der Waals surface area contributed by atoms with Gasteiger partial charge in [-0.05, 0) is 53.6 Å². The van der Waals surface area contributed by atoms with Gasteiger partial charge in [0.15, 0.2) is 0 Å². The van der Waals surface area contributed by atoms with Crippen molar-refractivity contribution in [3.63, 3.8) is 0 Å². The number of hydrogen-bond acceptors (Lipinski definition) is 7. The summed E-state index contributed by atoms with van der Waals surface area (Å²) in [6, 6.07) is 11.7. The van der Waals surface area contributed by atoms with E-state index in [1.165, 1.54) is 30.0 Å². The molecule has 2 aromatic carbocycles. The Bertz CT molecular complexity index is 984. The van der Waals surface area contributed by atoms with Gasteiger partial charge in [-0.1, -0.05) is 23.9 Å². The van der Waals surface area contributed by atoms with E-state index >= 15 is 0 Å². The highest BCUT2D eigenvalue weighted by Crippen LogP contribution is 2.21. The van der Waals surface area contributed by atoms with Crippen LogP contribution in [0.25, 0.3) is 5.69 Å². The predicted molar refractivity (Wildman–Crippen MR) is 101 cm³/mol. The summed E-state index contributed by atoms with van der Waals surface area (Å²) in [6.07, 6.45) is 0. The molecule has 0 bridgehead atoms. The monoisotopic (exact) mass is 384 g/mol. The summed E-state index contributed by atoms with van der Waals surface area (Å²) < 4.78 is 1.57. The molecule has 0 atom stereocenters. The third kappa shape index (κ3) is 4.67. The van der Waals surface area contributed by atoms with Gasteiger partial charge in [0.25, 0.3) is 5.69 Å². The lowest BCUT2D eigenvalue weighted by Crippen LogP contribution is -2.14. The van der Waals surface area contributed by atoms with Gasteiger partial charge in [0.1, 0.15) is 0 Å². The number of nitro groups is 1. The standard InChI is InChI=1S/C17H16N6O3S/c1-11-6-12(2)8-15(7-11)22-17(19-20-21-22)27-10-16(24)18-13-4-3-5-14(9-13)23(25)26/h3-9H,10H2,1-2H3,(H,18,24). The molecule has 0 radical (unpaired) electrons. The lowest BCUT2D eigenvalue weighted by atomic mass is 10.1. The molecule has 0 saturated heterocycles. The molecule has 0 fully saturated rings. The number of rotatable bonds is 6. The summed E-state index contributed by atoms with van der Waals surface area (Å²) in [5, 5.41) is 25.6. The maximum atomic E-state index is 12.2. The Balaban J connectivity index is 1.67. The molecule has 0 unspecified atom stereocenters. The van der Waals surface area contributed by atoms with Crippen molar-refractivity contribution in [1.29, 1.82) is 0 Å². The molecule has 0 aliphatic heterocycles. The van der Waals surface area contributed by atoms with Gasteiger partial charge in [0.2, 0.25) is 11.1 Å². The Labute approximate surface area is 158 Å². The largest absolute Gasteiger partial charge is 0.325 e. The van der Waals surface area contributed by atoms with Crippen molar-refractivity contribution in [3.05, 3.63) is 63.7 Å². The van der Waals surface area contributed by atoms with Crippen LogP contribution in [0.5, 0.6) is 0 Å². The van der Waals surface area contributed by atoms with Gasteiger partial charge in [0.05, 0.1) is 16.4 Å². The fraction of sp³-hybridized carbons (Fsp3) is 0.176. The summed E-state index contributed by atoms with van der Waals surface area (Å²) in [6.45, 7) is 3.97. The zero-order chi connectivity index (χ0) is 19.4. The highest BCUT2D eigenvalue weighted by atomic mass is 32.2. The number of amides is 1. The molecule has 1 heterocycles. The number of aryl methyl sites for hydroxylation is 2. The minimum Gasteiger partial charge on any atom is -0.325 e. The van der Waals surface area contributed by atoms with Crippen LogP contribution in [0.4, 0.5) is 11.4 Å². The Morgan fingerprint density at radius 1 is 1.22 bits per heavy atom. The lowest BCUT2D eigenvalue weighted by Gasteiger charge is -2.07. The summed E-state index contributed by atoms with van der Waals surface area (Å²) in [5.41, 5.74) is 3.27. The number of carbonyl (C=O) groups is 1. The number of hydrogen-bond donors (Lipinski definition) is 1. The number of non-ortho nitro benzene ring substituents is 1. The number of thioether (sulfide) groups is 1. The molecule has 138 valence electrons. The number of aromatic nitrogens is 4. The summed E-state index contributed by atoms with van der Waals surface area (Å²) >= 11 is 1.18. The van der Waals surface area contributed by atoms with E-state index in [0.29, 0.717) is 10.8 Å². The zero-order valence-electron chi connectivity index (χ0n) is 14.6. The second-order valence-corrected chi connectivity index (χ2v) is 6.81. The van der Waals surface area contributed by atoms with Crippen molar-refractivity contribution in [2.24, 2.45) is 0 Å². The number of tetrazole rings is 1. The van der Waals surface area contributed by atoms with Crippen LogP contribution in [0.1, 0.15) is 11.1 Å². The van der Waals surface area contributed by atoms with Crippen molar-refractivity contribution >= 4 is 29.0 Å². The number of benzene rings is 2. The van der Waals surface area contributed by atoms with Crippen molar-refractivity contribution in [2.75, 3.05) is 11.1 Å². The van der Waals surface area contributed by atoms with E-state index in [-0.39, 0.29) is 17.3 Å². The Morgan fingerprint density at radius 3 is 2.67 bits per heavy atom. The molecular weight excluding hydrogens is 368 g/mol. The molecule has 1 aromatic heterocycles. The van der Waals surface area contributed by atoms with Gasteiger partial charge >= 0.3 is 0 Å². The molecule has 9 nitrogen and oxygen atoms in total. The fourth-order valence-electron chi connectivity index (χ4n) is 2.53. The summed E-state index contributed by atoms with van der Waals surface area (Å²) in [7, 11) is 0. The first-order valence-electron chi connectivity index (χ1n) is 7.96. The van der Waals surface area contributed by atoms with E-state index in [9.17, 15) is 14.9 Å². The van der Waals surface area contributed by atoms with Gasteiger partial charge in [-0.25, -0.2) is 0 Å². The molecular formula is C17H16N6O3S. The molecule has 1 amide bonds. The molecule has 0 aliphatic carbocycles. The summed E-state index contributed by atoms with van der Waals surface area (Å²) in [5.74, 6) is -0.246. The van der Waals surface area contributed by atoms with Gasteiger partial charge in [-0.15, -0.1) is 5.10 Å². The SMILES string of the molecule is Cc1cc(C)cc(-n2nnnc2SCC(=O)Nc2cccc([N+](=O)[O-])c2)c1. The number of nitro benzene ring substituents is 1. The number of nitrogens with one attached hydrogen (secondary N) is 1. The zero-order valence-corrected chi connectivity index (χ0v) is 15.4. The van der Waals surface area contributed by atoms with Gasteiger partial charge < -0.3 is 5.32 Å². The molecule has 10 heteroatoms. The average molecular weight is 384 g/mol. The van der Waals surface area contributed by atoms with E-state index in [2.05, 4.69) is 20.8 Å². The van der Waals surface area contributed by atoms with Crippen LogP contribution in [0.3, 0.4) is 0 Å². The van der Waals surface area contributed by atoms with E-state index in [1.807, 2.05) is 32.0 Å². The first-order chi connectivity index (χ1) is 12.9. The summed E-state index contributed by atoms with van der Waals surface area (Å²) in [4.78, 5) is 22.5. The van der Waals surface area contributed by atoms with Crippen LogP contribution in [0.2, 0.25) is 0 Å². The number of nitrogens with zero attached hydrogens (tertiary/aromatic N) is 5. The van der Waals surface area contributed by atoms with Crippen LogP contribution < -0.4 is 5.32 Å². The first-order valence-corrected chi connectivity index (χ1v) is 8.95. The molecule has 0 saturated carbocycles. The third-order valence-corrected chi connectivity index (χ3v) is 4.48. The minimum atomic E-state index is -0.512. The van der Waals surface area contributed by atoms with Gasteiger partial charge in [-0.3, -0.25) is 14.9 Å². The molecule has 0 spiro atoms. The molecule has 3 aromatic rings. The minimum absolute atomic E-state index is 0.0634. The highest BCUT2D eigenvalue weighted by molar-refractivity contribution is 7.99. The van der Waals surface area contributed by atoms with Crippen LogP contribution in [0, 0.1) is 24.0 Å². The average Bonchev–Trinajstić information content (AvgIpc) is 3.08. The van der Waals surface area contributed by atoms with E-state index in [0.717, 1.165) is 16.8 Å². The van der Waals surface area contributed by atoms with E-state index < -0.39 is 4.92 Å². The normalized spacial score (nSPS) is 10.6. The molecule has 1 N–H and O–H groups in total. The molecule has 0 aliphatic rings. The Hall–Kier alpha value is -3.27. The molecule has 27 heavy (non-hydrogen) atoms. The maximum absolute atomic E-state index is 12.2. The van der Waals surface area contributed by atoms with Crippen molar-refractivity contribution in [2.45, 2.75) is 19.0 Å². The number of anilines is 1. The third-order valence-electron chi connectivity index (χ3n) is 3.57. The Morgan fingerprint density at radius 2 is 1.96 bits per heavy atom. The van der Waals surface area contributed by atoms with Crippen molar-refractivity contribution in [3.8, 4) is 5.69 Å². The van der Waals surface area contributed by atoms with Crippen LogP contribution >= 0.6 is 11.8 Å². The predicted octanol–water partition coefficient (Wildman–Crippen LogP) is 2.92. The van der Waals surface area contributed by atoms with Crippen molar-refractivity contribution < 1.29 is 9.72 Å². The van der Waals surface area contributed by atoms with E-state index in [4.69, 9.17) is 0 Å². The van der Waals surface area contributed by atoms with Crippen LogP contribution in [-0.4, -0.2) is 36.8 Å². The quantitative estimate of drug-likeness (QED) is 0.394. The Kier molecular flexibility index (Phi) is 5.46. The van der Waals surface area contributed by atoms with Crippen LogP contribution in [0.15, 0.2) is 47.6 Å². The highest BCUT2D eigenvalue weighted by Gasteiger charge is 2.13. The van der Waals surface area contributed by atoms with Crippen LogP contribution in [-0.2, 0) is 4.79 Å². The van der Waals surface area contributed by atoms with E-state index in [1.54, 1.807) is 10.7 Å². The van der Waals surface area contributed by atoms with Gasteiger partial charge in [-0.2, -0.15) is 4.68 Å². The van der Waals surface area contributed by atoms with Gasteiger partial charge in [0, 0.05) is 17.8 Å².